The fraction of sp³-hybridized carbons (Fsp3) is 0.263. The number of hydrogen-bond acceptors (Lipinski definition) is 4. The maximum atomic E-state index is 12.5. The van der Waals surface area contributed by atoms with Crippen LogP contribution in [0.15, 0.2) is 42.5 Å². The first-order valence-electron chi connectivity index (χ1n) is 7.90. The molecule has 2 aromatic rings. The van der Waals surface area contributed by atoms with Gasteiger partial charge in [-0.05, 0) is 43.3 Å². The maximum Gasteiger partial charge on any atom is 0.255 e. The Balaban J connectivity index is 2.21. The van der Waals surface area contributed by atoms with E-state index in [0.29, 0.717) is 34.9 Å². The maximum absolute atomic E-state index is 12.5. The van der Waals surface area contributed by atoms with E-state index in [9.17, 15) is 9.59 Å². The largest absolute Gasteiger partial charge is 0.493 e. The van der Waals surface area contributed by atoms with Crippen LogP contribution in [0.25, 0.3) is 0 Å². The molecule has 132 valence electrons. The van der Waals surface area contributed by atoms with Gasteiger partial charge in [-0.15, -0.1) is 0 Å². The molecule has 0 aliphatic heterocycles. The van der Waals surface area contributed by atoms with E-state index in [2.05, 4.69) is 5.32 Å². The van der Waals surface area contributed by atoms with Gasteiger partial charge in [-0.3, -0.25) is 9.59 Å². The van der Waals surface area contributed by atoms with Crippen LogP contribution in [0.3, 0.4) is 0 Å². The molecule has 0 unspecified atom stereocenters. The highest BCUT2D eigenvalue weighted by atomic mass is 16.5. The molecule has 2 rings (SSSR count). The number of nitrogens with one attached hydrogen (secondary N) is 1. The predicted octanol–water partition coefficient (Wildman–Crippen LogP) is 3.05. The zero-order chi connectivity index (χ0) is 18.4. The smallest absolute Gasteiger partial charge is 0.255 e. The second-order valence-electron chi connectivity index (χ2n) is 5.53. The Morgan fingerprint density at radius 3 is 2.44 bits per heavy atom. The topological polar surface area (TPSA) is 67.9 Å². The highest BCUT2D eigenvalue weighted by molar-refractivity contribution is 6.05. The van der Waals surface area contributed by atoms with E-state index in [4.69, 9.17) is 9.47 Å². The normalized spacial score (nSPS) is 10.1. The minimum Gasteiger partial charge on any atom is -0.493 e. The van der Waals surface area contributed by atoms with Crippen molar-refractivity contribution >= 4 is 17.5 Å². The summed E-state index contributed by atoms with van der Waals surface area (Å²) in [5, 5.41) is 2.79. The van der Waals surface area contributed by atoms with Crippen molar-refractivity contribution in [1.82, 2.24) is 4.90 Å². The summed E-state index contributed by atoms with van der Waals surface area (Å²) in [6.07, 6.45) is 0. The van der Waals surface area contributed by atoms with Crippen molar-refractivity contribution < 1.29 is 19.1 Å². The lowest BCUT2D eigenvalue weighted by atomic mass is 10.1. The molecule has 2 amide bonds. The molecule has 0 atom stereocenters. The highest BCUT2D eigenvalue weighted by Gasteiger charge is 2.13. The lowest BCUT2D eigenvalue weighted by molar-refractivity contribution is 0.0827. The van der Waals surface area contributed by atoms with Crippen molar-refractivity contribution in [2.75, 3.05) is 33.1 Å². The number of benzene rings is 2. The molecule has 6 heteroatoms. The van der Waals surface area contributed by atoms with Crippen LogP contribution in [-0.4, -0.2) is 44.5 Å². The van der Waals surface area contributed by atoms with Crippen LogP contribution in [0, 0.1) is 0 Å². The van der Waals surface area contributed by atoms with E-state index in [1.54, 1.807) is 63.7 Å². The van der Waals surface area contributed by atoms with Crippen molar-refractivity contribution in [3.8, 4) is 11.5 Å². The van der Waals surface area contributed by atoms with Gasteiger partial charge in [-0.1, -0.05) is 6.07 Å². The van der Waals surface area contributed by atoms with Gasteiger partial charge in [0.2, 0.25) is 0 Å². The molecular weight excluding hydrogens is 320 g/mol. The number of amides is 2. The molecule has 0 aromatic heterocycles. The molecule has 0 saturated carbocycles. The van der Waals surface area contributed by atoms with Crippen LogP contribution >= 0.6 is 0 Å². The quantitative estimate of drug-likeness (QED) is 0.876. The number of hydrogen-bond donors (Lipinski definition) is 1. The molecule has 25 heavy (non-hydrogen) atoms. The van der Waals surface area contributed by atoms with Crippen LogP contribution in [-0.2, 0) is 0 Å². The lowest BCUT2D eigenvalue weighted by Crippen LogP contribution is -2.22. The number of anilines is 1. The van der Waals surface area contributed by atoms with Crippen molar-refractivity contribution in [3.05, 3.63) is 53.6 Å². The van der Waals surface area contributed by atoms with Crippen molar-refractivity contribution in [2.45, 2.75) is 6.92 Å². The summed E-state index contributed by atoms with van der Waals surface area (Å²) < 4.78 is 10.7. The molecule has 0 aliphatic carbocycles. The molecule has 6 nitrogen and oxygen atoms in total. The van der Waals surface area contributed by atoms with E-state index in [0.717, 1.165) is 0 Å². The van der Waals surface area contributed by atoms with Crippen LogP contribution in [0.4, 0.5) is 5.69 Å². The minimum atomic E-state index is -0.293. The summed E-state index contributed by atoms with van der Waals surface area (Å²) in [6, 6.07) is 11.8. The average molecular weight is 342 g/mol. The molecule has 0 aliphatic rings. The van der Waals surface area contributed by atoms with Crippen LogP contribution in [0.2, 0.25) is 0 Å². The monoisotopic (exact) mass is 342 g/mol. The van der Waals surface area contributed by atoms with Gasteiger partial charge in [-0.25, -0.2) is 0 Å². The zero-order valence-corrected chi connectivity index (χ0v) is 14.8. The van der Waals surface area contributed by atoms with Crippen LogP contribution in [0.1, 0.15) is 27.6 Å². The van der Waals surface area contributed by atoms with E-state index < -0.39 is 0 Å². The Kier molecular flexibility index (Phi) is 6.00. The van der Waals surface area contributed by atoms with Gasteiger partial charge in [0, 0.05) is 30.9 Å². The summed E-state index contributed by atoms with van der Waals surface area (Å²) in [7, 11) is 4.91. The SMILES string of the molecule is CCOc1cc(C(=O)Nc2cccc(C(=O)N(C)C)c2)ccc1OC. The molecule has 0 saturated heterocycles. The highest BCUT2D eigenvalue weighted by Crippen LogP contribution is 2.28. The first-order valence-corrected chi connectivity index (χ1v) is 7.90. The predicted molar refractivity (Wildman–Crippen MR) is 96.6 cm³/mol. The third-order valence-corrected chi connectivity index (χ3v) is 3.50. The van der Waals surface area contributed by atoms with Gasteiger partial charge in [0.1, 0.15) is 0 Å². The second kappa shape index (κ2) is 8.19. The second-order valence-corrected chi connectivity index (χ2v) is 5.53. The number of carbonyl (C=O) groups is 2. The summed E-state index contributed by atoms with van der Waals surface area (Å²) in [4.78, 5) is 26.0. The van der Waals surface area contributed by atoms with Gasteiger partial charge in [0.25, 0.3) is 11.8 Å². The molecule has 2 aromatic carbocycles. The zero-order valence-electron chi connectivity index (χ0n) is 14.8. The Morgan fingerprint density at radius 1 is 1.04 bits per heavy atom. The van der Waals surface area contributed by atoms with E-state index in [1.165, 1.54) is 4.90 Å². The van der Waals surface area contributed by atoms with E-state index in [1.807, 2.05) is 6.92 Å². The molecule has 0 spiro atoms. The van der Waals surface area contributed by atoms with Crippen LogP contribution < -0.4 is 14.8 Å². The fourth-order valence-corrected chi connectivity index (χ4v) is 2.28. The fourth-order valence-electron chi connectivity index (χ4n) is 2.28. The summed E-state index contributed by atoms with van der Waals surface area (Å²) in [5.74, 6) is 0.656. The van der Waals surface area contributed by atoms with Gasteiger partial charge < -0.3 is 19.7 Å². The van der Waals surface area contributed by atoms with Gasteiger partial charge in [0.15, 0.2) is 11.5 Å². The Bertz CT molecular complexity index is 772. The van der Waals surface area contributed by atoms with Crippen LogP contribution in [0.5, 0.6) is 11.5 Å². The Morgan fingerprint density at radius 2 is 1.80 bits per heavy atom. The van der Waals surface area contributed by atoms with E-state index in [-0.39, 0.29) is 11.8 Å². The Hall–Kier alpha value is -3.02. The molecule has 0 bridgehead atoms. The van der Waals surface area contributed by atoms with Gasteiger partial charge in [0.05, 0.1) is 13.7 Å². The van der Waals surface area contributed by atoms with Crippen molar-refractivity contribution in [3.63, 3.8) is 0 Å². The summed E-state index contributed by atoms with van der Waals surface area (Å²) in [5.41, 5.74) is 1.49. The Labute approximate surface area is 147 Å². The first kappa shape index (κ1) is 18.3. The third-order valence-electron chi connectivity index (χ3n) is 3.50. The molecule has 0 heterocycles. The lowest BCUT2D eigenvalue weighted by Gasteiger charge is -2.13. The number of rotatable bonds is 6. The van der Waals surface area contributed by atoms with E-state index >= 15 is 0 Å². The van der Waals surface area contributed by atoms with Crippen molar-refractivity contribution in [1.29, 1.82) is 0 Å². The molecule has 0 fully saturated rings. The summed E-state index contributed by atoms with van der Waals surface area (Å²) in [6.45, 7) is 2.33. The number of nitrogens with zero attached hydrogens (tertiary/aromatic N) is 1. The average Bonchev–Trinajstić information content (AvgIpc) is 2.61. The number of methoxy groups -OCH3 is 1. The van der Waals surface area contributed by atoms with Gasteiger partial charge in [-0.2, -0.15) is 0 Å². The standard InChI is InChI=1S/C19H22N2O4/c1-5-25-17-12-13(9-10-16(17)24-4)18(22)20-15-8-6-7-14(11-15)19(23)21(2)3/h6-12H,5H2,1-4H3,(H,20,22). The number of ether oxygens (including phenoxy) is 2. The number of carbonyl (C=O) groups excluding carboxylic acids is 2. The first-order chi connectivity index (χ1) is 12.0. The minimum absolute atomic E-state index is 0.126. The molecule has 0 radical (unpaired) electrons. The third kappa shape index (κ3) is 4.50. The van der Waals surface area contributed by atoms with Gasteiger partial charge >= 0.3 is 0 Å². The molecule has 1 N–H and O–H groups in total. The molecular formula is C19H22N2O4. The summed E-state index contributed by atoms with van der Waals surface area (Å²) >= 11 is 0. The van der Waals surface area contributed by atoms with Crippen molar-refractivity contribution in [2.24, 2.45) is 0 Å².